The zero-order chi connectivity index (χ0) is 10.8. The van der Waals surface area contributed by atoms with Gasteiger partial charge in [0, 0.05) is 31.3 Å². The predicted octanol–water partition coefficient (Wildman–Crippen LogP) is 0.918. The molecule has 4 nitrogen and oxygen atoms in total. The lowest BCUT2D eigenvalue weighted by Gasteiger charge is -2.17. The van der Waals surface area contributed by atoms with E-state index < -0.39 is 0 Å². The molecule has 0 radical (unpaired) electrons. The first-order valence-electron chi connectivity index (χ1n) is 5.46. The summed E-state index contributed by atoms with van der Waals surface area (Å²) >= 11 is 0. The molecule has 1 aromatic rings. The Kier molecular flexibility index (Phi) is 2.86. The molecule has 1 aliphatic heterocycles. The molecule has 2 heterocycles. The molecule has 2 rings (SSSR count). The van der Waals surface area contributed by atoms with Crippen molar-refractivity contribution < 1.29 is 5.11 Å². The minimum Gasteiger partial charge on any atom is -0.391 e. The van der Waals surface area contributed by atoms with Gasteiger partial charge in [0.25, 0.3) is 0 Å². The van der Waals surface area contributed by atoms with Crippen LogP contribution in [0.4, 0.5) is 5.82 Å². The molecule has 1 aromatic heterocycles. The van der Waals surface area contributed by atoms with Gasteiger partial charge in [0.2, 0.25) is 0 Å². The maximum atomic E-state index is 9.47. The average Bonchev–Trinajstić information content (AvgIpc) is 2.64. The highest BCUT2D eigenvalue weighted by atomic mass is 16.3. The van der Waals surface area contributed by atoms with Gasteiger partial charge in [-0.05, 0) is 13.3 Å². The Labute approximate surface area is 90.0 Å². The predicted molar refractivity (Wildman–Crippen MR) is 59.0 cm³/mol. The topological polar surface area (TPSA) is 49.2 Å². The van der Waals surface area contributed by atoms with E-state index in [9.17, 15) is 5.11 Å². The van der Waals surface area contributed by atoms with Crippen LogP contribution in [-0.2, 0) is 6.42 Å². The van der Waals surface area contributed by atoms with Gasteiger partial charge >= 0.3 is 0 Å². The van der Waals surface area contributed by atoms with Crippen molar-refractivity contribution in [2.45, 2.75) is 32.8 Å². The molecule has 0 spiro atoms. The van der Waals surface area contributed by atoms with Crippen LogP contribution in [-0.4, -0.2) is 34.3 Å². The summed E-state index contributed by atoms with van der Waals surface area (Å²) in [4.78, 5) is 10.9. The van der Waals surface area contributed by atoms with Crippen molar-refractivity contribution in [3.63, 3.8) is 0 Å². The van der Waals surface area contributed by atoms with Crippen molar-refractivity contribution in [2.24, 2.45) is 0 Å². The standard InChI is InChI=1S/C11H17N3O/c1-3-10-12-8(2)6-11(13-10)14-5-4-9(15)7-14/h6,9,15H,3-5,7H2,1-2H3/t9-/m1/s1. The lowest BCUT2D eigenvalue weighted by Crippen LogP contribution is -2.23. The lowest BCUT2D eigenvalue weighted by molar-refractivity contribution is 0.198. The van der Waals surface area contributed by atoms with E-state index in [1.54, 1.807) is 0 Å². The van der Waals surface area contributed by atoms with E-state index in [2.05, 4.69) is 21.8 Å². The molecular weight excluding hydrogens is 190 g/mol. The molecule has 82 valence electrons. The van der Waals surface area contributed by atoms with Crippen LogP contribution in [0.1, 0.15) is 24.9 Å². The van der Waals surface area contributed by atoms with Crippen molar-refractivity contribution in [3.8, 4) is 0 Å². The van der Waals surface area contributed by atoms with E-state index >= 15 is 0 Å². The Hall–Kier alpha value is -1.16. The Balaban J connectivity index is 2.24. The highest BCUT2D eigenvalue weighted by molar-refractivity contribution is 5.41. The van der Waals surface area contributed by atoms with Crippen LogP contribution in [0.3, 0.4) is 0 Å². The monoisotopic (exact) mass is 207 g/mol. The third-order valence-corrected chi connectivity index (χ3v) is 2.69. The van der Waals surface area contributed by atoms with Gasteiger partial charge in [0.05, 0.1) is 6.10 Å². The fourth-order valence-electron chi connectivity index (χ4n) is 1.88. The molecule has 4 heteroatoms. The molecular formula is C11H17N3O. The van der Waals surface area contributed by atoms with Gasteiger partial charge in [0.15, 0.2) is 0 Å². The van der Waals surface area contributed by atoms with Crippen LogP contribution in [0.2, 0.25) is 0 Å². The van der Waals surface area contributed by atoms with E-state index in [1.165, 1.54) is 0 Å². The average molecular weight is 207 g/mol. The van der Waals surface area contributed by atoms with Crippen molar-refractivity contribution in [1.29, 1.82) is 0 Å². The third-order valence-electron chi connectivity index (χ3n) is 2.69. The number of hydrogen-bond donors (Lipinski definition) is 1. The quantitative estimate of drug-likeness (QED) is 0.783. The Bertz CT molecular complexity index is 354. The maximum absolute atomic E-state index is 9.47. The molecule has 0 unspecified atom stereocenters. The second-order valence-electron chi connectivity index (χ2n) is 4.03. The summed E-state index contributed by atoms with van der Waals surface area (Å²) in [6, 6.07) is 1.98. The molecule has 0 saturated carbocycles. The third kappa shape index (κ3) is 2.26. The zero-order valence-electron chi connectivity index (χ0n) is 9.27. The molecule has 1 aliphatic rings. The number of aliphatic hydroxyl groups is 1. The van der Waals surface area contributed by atoms with Crippen molar-refractivity contribution in [2.75, 3.05) is 18.0 Å². The normalized spacial score (nSPS) is 21.0. The summed E-state index contributed by atoms with van der Waals surface area (Å²) in [7, 11) is 0. The van der Waals surface area contributed by atoms with Gasteiger partial charge in [0.1, 0.15) is 11.6 Å². The Morgan fingerprint density at radius 1 is 1.53 bits per heavy atom. The second-order valence-corrected chi connectivity index (χ2v) is 4.03. The SMILES string of the molecule is CCc1nc(C)cc(N2CC[C@@H](O)C2)n1. The first kappa shape index (κ1) is 10.4. The Morgan fingerprint density at radius 3 is 2.93 bits per heavy atom. The number of hydrogen-bond acceptors (Lipinski definition) is 4. The van der Waals surface area contributed by atoms with Gasteiger partial charge in [-0.2, -0.15) is 0 Å². The van der Waals surface area contributed by atoms with E-state index in [1.807, 2.05) is 13.0 Å². The van der Waals surface area contributed by atoms with Gasteiger partial charge in [-0.25, -0.2) is 9.97 Å². The maximum Gasteiger partial charge on any atom is 0.132 e. The highest BCUT2D eigenvalue weighted by Crippen LogP contribution is 2.18. The van der Waals surface area contributed by atoms with Crippen LogP contribution < -0.4 is 4.90 Å². The molecule has 0 amide bonds. The summed E-state index contributed by atoms with van der Waals surface area (Å²) in [5.74, 6) is 1.84. The molecule has 0 aliphatic carbocycles. The summed E-state index contributed by atoms with van der Waals surface area (Å²) in [5, 5.41) is 9.47. The van der Waals surface area contributed by atoms with E-state index in [4.69, 9.17) is 0 Å². The molecule has 1 N–H and O–H groups in total. The fourth-order valence-corrected chi connectivity index (χ4v) is 1.88. The second kappa shape index (κ2) is 4.14. The smallest absolute Gasteiger partial charge is 0.132 e. The minimum absolute atomic E-state index is 0.203. The summed E-state index contributed by atoms with van der Waals surface area (Å²) in [6.07, 6.45) is 1.49. The number of β-amino-alcohol motifs (C(OH)–C–C–N with tert-alkyl or cyclic N) is 1. The van der Waals surface area contributed by atoms with Crippen LogP contribution >= 0.6 is 0 Å². The molecule has 15 heavy (non-hydrogen) atoms. The summed E-state index contributed by atoms with van der Waals surface area (Å²) in [6.45, 7) is 5.62. The van der Waals surface area contributed by atoms with Gasteiger partial charge < -0.3 is 10.0 Å². The van der Waals surface area contributed by atoms with Crippen LogP contribution in [0, 0.1) is 6.92 Å². The van der Waals surface area contributed by atoms with Gasteiger partial charge in [-0.3, -0.25) is 0 Å². The van der Waals surface area contributed by atoms with Gasteiger partial charge in [-0.1, -0.05) is 6.92 Å². The fraction of sp³-hybridized carbons (Fsp3) is 0.636. The molecule has 1 saturated heterocycles. The number of anilines is 1. The summed E-state index contributed by atoms with van der Waals surface area (Å²) in [5.41, 5.74) is 0.998. The Morgan fingerprint density at radius 2 is 2.33 bits per heavy atom. The van der Waals surface area contributed by atoms with Crippen LogP contribution in [0.25, 0.3) is 0 Å². The van der Waals surface area contributed by atoms with E-state index in [0.29, 0.717) is 6.54 Å². The molecule has 0 aromatic carbocycles. The largest absolute Gasteiger partial charge is 0.391 e. The van der Waals surface area contributed by atoms with Crippen LogP contribution in [0.15, 0.2) is 6.07 Å². The minimum atomic E-state index is -0.203. The lowest BCUT2D eigenvalue weighted by atomic mass is 10.3. The first-order chi connectivity index (χ1) is 7.19. The number of rotatable bonds is 2. The molecule has 1 atom stereocenters. The first-order valence-corrected chi connectivity index (χ1v) is 5.46. The molecule has 1 fully saturated rings. The van der Waals surface area contributed by atoms with Crippen molar-refractivity contribution >= 4 is 5.82 Å². The number of nitrogens with zero attached hydrogens (tertiary/aromatic N) is 3. The zero-order valence-corrected chi connectivity index (χ0v) is 9.27. The van der Waals surface area contributed by atoms with E-state index in [0.717, 1.165) is 36.7 Å². The van der Waals surface area contributed by atoms with Crippen molar-refractivity contribution in [3.05, 3.63) is 17.6 Å². The van der Waals surface area contributed by atoms with Crippen molar-refractivity contribution in [1.82, 2.24) is 9.97 Å². The number of aliphatic hydroxyl groups excluding tert-OH is 1. The van der Waals surface area contributed by atoms with Gasteiger partial charge in [-0.15, -0.1) is 0 Å². The molecule has 0 bridgehead atoms. The highest BCUT2D eigenvalue weighted by Gasteiger charge is 2.21. The summed E-state index contributed by atoms with van der Waals surface area (Å²) < 4.78 is 0. The number of aromatic nitrogens is 2. The van der Waals surface area contributed by atoms with E-state index in [-0.39, 0.29) is 6.10 Å². The number of aryl methyl sites for hydroxylation is 2. The van der Waals surface area contributed by atoms with Crippen LogP contribution in [0.5, 0.6) is 0 Å².